The van der Waals surface area contributed by atoms with Gasteiger partial charge in [-0.25, -0.2) is 0 Å². The van der Waals surface area contributed by atoms with Gasteiger partial charge >= 0.3 is 0 Å². The molecule has 0 atom stereocenters. The largest absolute Gasteiger partial charge is 0.212 e. The third-order valence-corrected chi connectivity index (χ3v) is 4.36. The lowest BCUT2D eigenvalue weighted by molar-refractivity contribution is -0.662. The Hall–Kier alpha value is -2.93. The van der Waals surface area contributed by atoms with Crippen LogP contribution in [-0.2, 0) is 13.0 Å². The molecular weight excluding hydrogens is 290 g/mol. The highest BCUT2D eigenvalue weighted by atomic mass is 14.9. The van der Waals surface area contributed by atoms with Gasteiger partial charge in [-0.15, -0.1) is 0 Å². The number of hydrogen-bond acceptors (Lipinski definition) is 0. The van der Waals surface area contributed by atoms with Crippen molar-refractivity contribution in [1.82, 2.24) is 0 Å². The lowest BCUT2D eigenvalue weighted by Crippen LogP contribution is -2.35. The zero-order valence-electron chi connectivity index (χ0n) is 13.6. The van der Waals surface area contributed by atoms with Crippen LogP contribution in [0.15, 0.2) is 97.2 Å². The van der Waals surface area contributed by atoms with Gasteiger partial charge in [-0.05, 0) is 17.7 Å². The molecule has 0 spiro atoms. The Morgan fingerprint density at radius 3 is 1.96 bits per heavy atom. The van der Waals surface area contributed by atoms with Crippen LogP contribution in [0.25, 0.3) is 10.9 Å². The van der Waals surface area contributed by atoms with Gasteiger partial charge in [0.2, 0.25) is 5.52 Å². The molecule has 0 saturated carbocycles. The molecule has 0 N–H and O–H groups in total. The van der Waals surface area contributed by atoms with Crippen LogP contribution in [0.1, 0.15) is 16.7 Å². The topological polar surface area (TPSA) is 3.88 Å². The van der Waals surface area contributed by atoms with Crippen LogP contribution >= 0.6 is 0 Å². The third-order valence-electron chi connectivity index (χ3n) is 4.36. The molecule has 0 radical (unpaired) electrons. The van der Waals surface area contributed by atoms with Crippen LogP contribution < -0.4 is 4.57 Å². The first-order valence-electron chi connectivity index (χ1n) is 8.37. The summed E-state index contributed by atoms with van der Waals surface area (Å²) in [5.74, 6) is 0. The minimum atomic E-state index is 0.893. The van der Waals surface area contributed by atoms with Crippen molar-refractivity contribution < 1.29 is 4.57 Å². The summed E-state index contributed by atoms with van der Waals surface area (Å²) in [5, 5.41) is 1.29. The summed E-state index contributed by atoms with van der Waals surface area (Å²) >= 11 is 0. The SMILES string of the molecule is c1ccc(Cc2cc3ccccc3[n+](Cc3ccccc3)c2)cc1. The van der Waals surface area contributed by atoms with E-state index in [9.17, 15) is 0 Å². The Bertz CT molecular complexity index is 943. The van der Waals surface area contributed by atoms with Crippen LogP contribution in [0.3, 0.4) is 0 Å². The molecule has 4 aromatic rings. The van der Waals surface area contributed by atoms with Gasteiger partial charge < -0.3 is 0 Å². The summed E-state index contributed by atoms with van der Waals surface area (Å²) in [6.07, 6.45) is 3.25. The quantitative estimate of drug-likeness (QED) is 0.478. The molecule has 0 amide bonds. The molecule has 3 aromatic carbocycles. The lowest BCUT2D eigenvalue weighted by Gasteiger charge is -2.06. The van der Waals surface area contributed by atoms with E-state index < -0.39 is 0 Å². The van der Waals surface area contributed by atoms with Gasteiger partial charge in [0.15, 0.2) is 12.7 Å². The van der Waals surface area contributed by atoms with Crippen LogP contribution in [0.2, 0.25) is 0 Å². The van der Waals surface area contributed by atoms with E-state index in [2.05, 4.69) is 102 Å². The highest BCUT2D eigenvalue weighted by Crippen LogP contribution is 2.15. The van der Waals surface area contributed by atoms with E-state index in [-0.39, 0.29) is 0 Å². The number of pyridine rings is 1. The first-order chi connectivity index (χ1) is 11.9. The number of fused-ring (bicyclic) bond motifs is 1. The van der Waals surface area contributed by atoms with Gasteiger partial charge in [-0.3, -0.25) is 0 Å². The van der Waals surface area contributed by atoms with E-state index in [1.54, 1.807) is 0 Å². The Balaban J connectivity index is 1.76. The van der Waals surface area contributed by atoms with Crippen molar-refractivity contribution in [3.63, 3.8) is 0 Å². The Labute approximate surface area is 142 Å². The number of para-hydroxylation sites is 1. The number of nitrogens with zero attached hydrogens (tertiary/aromatic N) is 1. The first-order valence-corrected chi connectivity index (χ1v) is 8.37. The average molecular weight is 310 g/mol. The van der Waals surface area contributed by atoms with E-state index in [1.807, 2.05) is 0 Å². The molecule has 0 aliphatic heterocycles. The van der Waals surface area contributed by atoms with Crippen molar-refractivity contribution in [2.45, 2.75) is 13.0 Å². The fourth-order valence-electron chi connectivity index (χ4n) is 3.22. The summed E-state index contributed by atoms with van der Waals surface area (Å²) in [6.45, 7) is 0.893. The van der Waals surface area contributed by atoms with Gasteiger partial charge in [-0.1, -0.05) is 72.8 Å². The minimum absolute atomic E-state index is 0.893. The summed E-state index contributed by atoms with van der Waals surface area (Å²) in [5.41, 5.74) is 5.29. The molecular formula is C23H20N+. The summed E-state index contributed by atoms with van der Waals surface area (Å²) < 4.78 is 2.36. The molecule has 24 heavy (non-hydrogen) atoms. The Morgan fingerprint density at radius 1 is 0.583 bits per heavy atom. The zero-order valence-corrected chi connectivity index (χ0v) is 13.6. The monoisotopic (exact) mass is 310 g/mol. The predicted octanol–water partition coefficient (Wildman–Crippen LogP) is 4.77. The fourth-order valence-corrected chi connectivity index (χ4v) is 3.22. The number of rotatable bonds is 4. The van der Waals surface area contributed by atoms with E-state index >= 15 is 0 Å². The molecule has 4 rings (SSSR count). The molecule has 0 fully saturated rings. The second kappa shape index (κ2) is 6.67. The van der Waals surface area contributed by atoms with Crippen molar-refractivity contribution in [3.8, 4) is 0 Å². The number of aromatic nitrogens is 1. The van der Waals surface area contributed by atoms with E-state index in [4.69, 9.17) is 0 Å². The lowest BCUT2D eigenvalue weighted by atomic mass is 10.0. The molecule has 0 saturated heterocycles. The first kappa shape index (κ1) is 14.6. The van der Waals surface area contributed by atoms with Gasteiger partial charge in [0.05, 0.1) is 0 Å². The molecule has 1 nitrogen and oxygen atoms in total. The van der Waals surface area contributed by atoms with Crippen molar-refractivity contribution in [1.29, 1.82) is 0 Å². The molecule has 1 aromatic heterocycles. The molecule has 1 heterocycles. The maximum absolute atomic E-state index is 2.36. The normalized spacial score (nSPS) is 10.8. The average Bonchev–Trinajstić information content (AvgIpc) is 2.63. The maximum Gasteiger partial charge on any atom is 0.212 e. The molecule has 0 unspecified atom stereocenters. The van der Waals surface area contributed by atoms with E-state index in [0.717, 1.165) is 13.0 Å². The second-order valence-corrected chi connectivity index (χ2v) is 6.18. The highest BCUT2D eigenvalue weighted by molar-refractivity contribution is 5.76. The smallest absolute Gasteiger partial charge is 0.194 e. The zero-order chi connectivity index (χ0) is 16.2. The van der Waals surface area contributed by atoms with Crippen molar-refractivity contribution >= 4 is 10.9 Å². The molecule has 1 heteroatoms. The van der Waals surface area contributed by atoms with Crippen molar-refractivity contribution in [2.75, 3.05) is 0 Å². The molecule has 116 valence electrons. The standard InChI is InChI=1S/C23H20N/c1-3-9-19(10-4-1)15-21-16-22-13-7-8-14-23(22)24(18-21)17-20-11-5-2-6-12-20/h1-14,16,18H,15,17H2/q+1. The molecule has 0 aliphatic rings. The predicted molar refractivity (Wildman–Crippen MR) is 98.9 cm³/mol. The van der Waals surface area contributed by atoms with E-state index in [1.165, 1.54) is 27.6 Å². The second-order valence-electron chi connectivity index (χ2n) is 6.18. The summed E-state index contributed by atoms with van der Waals surface area (Å²) in [6, 6.07) is 32.2. The van der Waals surface area contributed by atoms with Gasteiger partial charge in [0.25, 0.3) is 0 Å². The summed E-state index contributed by atoms with van der Waals surface area (Å²) in [7, 11) is 0. The van der Waals surface area contributed by atoms with Crippen LogP contribution in [0, 0.1) is 0 Å². The van der Waals surface area contributed by atoms with Gasteiger partial charge in [0.1, 0.15) is 0 Å². The Kier molecular flexibility index (Phi) is 4.07. The van der Waals surface area contributed by atoms with Crippen LogP contribution in [-0.4, -0.2) is 0 Å². The van der Waals surface area contributed by atoms with Gasteiger partial charge in [-0.2, -0.15) is 4.57 Å². The van der Waals surface area contributed by atoms with Crippen molar-refractivity contribution in [2.24, 2.45) is 0 Å². The number of hydrogen-bond donors (Lipinski definition) is 0. The number of benzene rings is 3. The molecule has 0 aliphatic carbocycles. The van der Waals surface area contributed by atoms with Crippen LogP contribution in [0.5, 0.6) is 0 Å². The van der Waals surface area contributed by atoms with Crippen molar-refractivity contribution in [3.05, 3.63) is 114 Å². The van der Waals surface area contributed by atoms with E-state index in [0.29, 0.717) is 0 Å². The maximum atomic E-state index is 2.36. The highest BCUT2D eigenvalue weighted by Gasteiger charge is 2.12. The summed E-state index contributed by atoms with van der Waals surface area (Å²) in [4.78, 5) is 0. The minimum Gasteiger partial charge on any atom is -0.194 e. The fraction of sp³-hybridized carbons (Fsp3) is 0.0870. The van der Waals surface area contributed by atoms with Gasteiger partial charge in [0, 0.05) is 29.0 Å². The Morgan fingerprint density at radius 2 is 1.21 bits per heavy atom. The molecule has 0 bridgehead atoms. The van der Waals surface area contributed by atoms with Crippen LogP contribution in [0.4, 0.5) is 0 Å². The third kappa shape index (κ3) is 3.21.